The van der Waals surface area contributed by atoms with E-state index in [1.54, 1.807) is 19.3 Å². The van der Waals surface area contributed by atoms with Crippen LogP contribution in [0.1, 0.15) is 35.3 Å². The van der Waals surface area contributed by atoms with Gasteiger partial charge in [-0.15, -0.1) is 0 Å². The first-order chi connectivity index (χ1) is 13.4. The van der Waals surface area contributed by atoms with Gasteiger partial charge in [0.15, 0.2) is 5.78 Å². The van der Waals surface area contributed by atoms with Gasteiger partial charge in [-0.25, -0.2) is 0 Å². The van der Waals surface area contributed by atoms with E-state index >= 15 is 0 Å². The lowest BCUT2D eigenvalue weighted by molar-refractivity contribution is 0.103. The molecular formula is C24H23NO3. The number of aryl methyl sites for hydroxylation is 1. The minimum Gasteiger partial charge on any atom is -0.496 e. The van der Waals surface area contributed by atoms with E-state index in [-0.39, 0.29) is 5.78 Å². The summed E-state index contributed by atoms with van der Waals surface area (Å²) in [6.07, 6.45) is 9.43. The second-order valence-corrected chi connectivity index (χ2v) is 7.50. The molecule has 0 atom stereocenters. The van der Waals surface area contributed by atoms with Crippen molar-refractivity contribution < 1.29 is 14.3 Å². The van der Waals surface area contributed by atoms with Gasteiger partial charge in [0.05, 0.1) is 18.2 Å². The second-order valence-electron chi connectivity index (χ2n) is 7.50. The number of nitrogens with zero attached hydrogens (tertiary/aromatic N) is 1. The molecule has 4 heteroatoms. The van der Waals surface area contributed by atoms with Gasteiger partial charge in [0.1, 0.15) is 17.1 Å². The molecule has 0 spiro atoms. The molecule has 0 radical (unpaired) electrons. The Morgan fingerprint density at radius 3 is 2.79 bits per heavy atom. The van der Waals surface area contributed by atoms with Crippen LogP contribution in [0.25, 0.3) is 23.1 Å². The second kappa shape index (κ2) is 6.71. The molecule has 1 aliphatic rings. The van der Waals surface area contributed by atoms with Crippen molar-refractivity contribution in [2.45, 2.75) is 19.4 Å². The smallest absolute Gasteiger partial charge is 0.189 e. The molecule has 1 aromatic heterocycles. The summed E-state index contributed by atoms with van der Waals surface area (Å²) in [6, 6.07) is 11.7. The zero-order valence-electron chi connectivity index (χ0n) is 16.5. The van der Waals surface area contributed by atoms with E-state index in [4.69, 9.17) is 9.47 Å². The first kappa shape index (κ1) is 18.1. The van der Waals surface area contributed by atoms with Gasteiger partial charge in [0.25, 0.3) is 0 Å². The Morgan fingerprint density at radius 1 is 1.18 bits per heavy atom. The minimum atomic E-state index is -0.478. The molecule has 2 aromatic carbocycles. The summed E-state index contributed by atoms with van der Waals surface area (Å²) < 4.78 is 13.6. The summed E-state index contributed by atoms with van der Waals surface area (Å²) in [5.41, 5.74) is 2.99. The number of aromatic nitrogens is 1. The predicted octanol–water partition coefficient (Wildman–Crippen LogP) is 5.27. The number of allylic oxidation sites excluding steroid dienone is 1. The zero-order chi connectivity index (χ0) is 19.9. The fraction of sp³-hybridized carbons (Fsp3) is 0.208. The fourth-order valence-corrected chi connectivity index (χ4v) is 3.53. The quantitative estimate of drug-likeness (QED) is 0.462. The molecule has 0 N–H and O–H groups in total. The summed E-state index contributed by atoms with van der Waals surface area (Å²) >= 11 is 0. The maximum absolute atomic E-state index is 13.0. The Bertz CT molecular complexity index is 1130. The Morgan fingerprint density at radius 2 is 2.00 bits per heavy atom. The third kappa shape index (κ3) is 3.11. The summed E-state index contributed by atoms with van der Waals surface area (Å²) in [6.45, 7) is 3.93. The van der Waals surface area contributed by atoms with Crippen LogP contribution in [-0.2, 0) is 7.05 Å². The van der Waals surface area contributed by atoms with E-state index in [2.05, 4.69) is 16.7 Å². The van der Waals surface area contributed by atoms with Crippen LogP contribution in [0.4, 0.5) is 0 Å². The minimum absolute atomic E-state index is 0.0991. The van der Waals surface area contributed by atoms with Gasteiger partial charge in [0, 0.05) is 24.1 Å². The van der Waals surface area contributed by atoms with Gasteiger partial charge in [-0.2, -0.15) is 0 Å². The Hall–Kier alpha value is -3.27. The van der Waals surface area contributed by atoms with Crippen molar-refractivity contribution in [2.24, 2.45) is 7.05 Å². The number of methoxy groups -OCH3 is 1. The molecule has 1 aliphatic heterocycles. The summed E-state index contributed by atoms with van der Waals surface area (Å²) in [5, 5.41) is 1.12. The highest BCUT2D eigenvalue weighted by atomic mass is 16.5. The van der Waals surface area contributed by atoms with Gasteiger partial charge >= 0.3 is 0 Å². The molecule has 0 aliphatic carbocycles. The molecule has 0 fully saturated rings. The lowest BCUT2D eigenvalue weighted by Gasteiger charge is -2.29. The number of carbonyl (C=O) groups is 1. The molecule has 3 aromatic rings. The number of benzene rings is 2. The SMILES string of the molecule is COc1ccc(C(=O)/C=C/c2cccc3c2ccn3C)c2c1C=CC(C)(C)O2. The van der Waals surface area contributed by atoms with Crippen LogP contribution in [0.5, 0.6) is 11.5 Å². The van der Waals surface area contributed by atoms with Crippen LogP contribution < -0.4 is 9.47 Å². The average molecular weight is 373 g/mol. The van der Waals surface area contributed by atoms with Gasteiger partial charge in [-0.3, -0.25) is 4.79 Å². The Labute approximate surface area is 164 Å². The number of hydrogen-bond donors (Lipinski definition) is 0. The van der Waals surface area contributed by atoms with Crippen LogP contribution in [-0.4, -0.2) is 23.1 Å². The molecule has 4 rings (SSSR count). The van der Waals surface area contributed by atoms with E-state index < -0.39 is 5.60 Å². The first-order valence-electron chi connectivity index (χ1n) is 9.25. The molecule has 28 heavy (non-hydrogen) atoms. The molecule has 0 unspecified atom stereocenters. The topological polar surface area (TPSA) is 40.5 Å². The van der Waals surface area contributed by atoms with E-state index in [0.29, 0.717) is 17.1 Å². The standard InChI is InChI=1S/C24H23NO3/c1-24(2)14-12-19-22(27-4)11-9-18(23(19)28-24)21(26)10-8-16-6-5-7-20-17(16)13-15-25(20)3/h5-15H,1-4H3/b10-8+. The molecule has 0 amide bonds. The van der Waals surface area contributed by atoms with Gasteiger partial charge in [-0.05, 0) is 61.9 Å². The van der Waals surface area contributed by atoms with Crippen LogP contribution in [0, 0.1) is 0 Å². The third-order valence-electron chi connectivity index (χ3n) is 5.03. The first-order valence-corrected chi connectivity index (χ1v) is 9.25. The molecule has 0 saturated heterocycles. The van der Waals surface area contributed by atoms with Crippen molar-refractivity contribution in [3.63, 3.8) is 0 Å². The fourth-order valence-electron chi connectivity index (χ4n) is 3.53. The van der Waals surface area contributed by atoms with E-state index in [9.17, 15) is 4.79 Å². The van der Waals surface area contributed by atoms with Crippen molar-refractivity contribution in [1.82, 2.24) is 4.57 Å². The number of ether oxygens (including phenoxy) is 2. The number of ketones is 1. The van der Waals surface area contributed by atoms with Crippen molar-refractivity contribution in [2.75, 3.05) is 7.11 Å². The summed E-state index contributed by atoms with van der Waals surface area (Å²) in [4.78, 5) is 13.0. The number of rotatable bonds is 4. The van der Waals surface area contributed by atoms with Crippen LogP contribution >= 0.6 is 0 Å². The van der Waals surface area contributed by atoms with E-state index in [0.717, 1.165) is 22.0 Å². The third-order valence-corrected chi connectivity index (χ3v) is 5.03. The number of fused-ring (bicyclic) bond motifs is 2. The molecule has 2 heterocycles. The average Bonchev–Trinajstić information content (AvgIpc) is 3.06. The molecule has 0 bridgehead atoms. The van der Waals surface area contributed by atoms with Crippen molar-refractivity contribution >= 4 is 28.8 Å². The highest BCUT2D eigenvalue weighted by molar-refractivity contribution is 6.10. The highest BCUT2D eigenvalue weighted by Gasteiger charge is 2.27. The maximum Gasteiger partial charge on any atom is 0.189 e. The summed E-state index contributed by atoms with van der Waals surface area (Å²) in [5.74, 6) is 1.16. The lowest BCUT2D eigenvalue weighted by atomic mass is 9.97. The Kier molecular flexibility index (Phi) is 4.34. The number of hydrogen-bond acceptors (Lipinski definition) is 3. The molecule has 0 saturated carbocycles. The van der Waals surface area contributed by atoms with Crippen LogP contribution in [0.15, 0.2) is 54.7 Å². The van der Waals surface area contributed by atoms with E-state index in [1.807, 2.05) is 63.5 Å². The highest BCUT2D eigenvalue weighted by Crippen LogP contribution is 2.40. The normalized spacial score (nSPS) is 14.9. The van der Waals surface area contributed by atoms with Crippen molar-refractivity contribution in [3.8, 4) is 11.5 Å². The molecular weight excluding hydrogens is 350 g/mol. The van der Waals surface area contributed by atoms with Gasteiger partial charge in [0.2, 0.25) is 0 Å². The monoisotopic (exact) mass is 373 g/mol. The van der Waals surface area contributed by atoms with Crippen molar-refractivity contribution in [3.05, 3.63) is 71.4 Å². The molecule has 142 valence electrons. The van der Waals surface area contributed by atoms with Crippen LogP contribution in [0.3, 0.4) is 0 Å². The number of carbonyl (C=O) groups excluding carboxylic acids is 1. The maximum atomic E-state index is 13.0. The Balaban J connectivity index is 1.73. The largest absolute Gasteiger partial charge is 0.496 e. The van der Waals surface area contributed by atoms with Gasteiger partial charge < -0.3 is 14.0 Å². The molecule has 4 nitrogen and oxygen atoms in total. The van der Waals surface area contributed by atoms with Crippen molar-refractivity contribution in [1.29, 1.82) is 0 Å². The van der Waals surface area contributed by atoms with Crippen LogP contribution in [0.2, 0.25) is 0 Å². The predicted molar refractivity (Wildman–Crippen MR) is 113 cm³/mol. The lowest BCUT2D eigenvalue weighted by Crippen LogP contribution is -2.28. The van der Waals surface area contributed by atoms with Gasteiger partial charge in [-0.1, -0.05) is 18.2 Å². The van der Waals surface area contributed by atoms with E-state index in [1.165, 1.54) is 0 Å². The zero-order valence-corrected chi connectivity index (χ0v) is 16.5. The summed E-state index contributed by atoms with van der Waals surface area (Å²) in [7, 11) is 3.63.